The van der Waals surface area contributed by atoms with E-state index < -0.39 is 6.10 Å². The van der Waals surface area contributed by atoms with E-state index in [-0.39, 0.29) is 11.4 Å². The zero-order chi connectivity index (χ0) is 11.2. The van der Waals surface area contributed by atoms with Crippen LogP contribution < -0.4 is 0 Å². The molecule has 0 saturated heterocycles. The Bertz CT molecular complexity index is 374. The fourth-order valence-corrected chi connectivity index (χ4v) is 2.24. The van der Waals surface area contributed by atoms with Crippen molar-refractivity contribution in [3.8, 4) is 0 Å². The highest BCUT2D eigenvalue weighted by atomic mass is 16.5. The molecule has 0 aliphatic heterocycles. The molecule has 0 radical (unpaired) electrons. The summed E-state index contributed by atoms with van der Waals surface area (Å²) in [6, 6.07) is 0. The molecule has 0 fully saturated rings. The number of hydrogen-bond donors (Lipinski definition) is 1. The Morgan fingerprint density at radius 2 is 2.33 bits per heavy atom. The summed E-state index contributed by atoms with van der Waals surface area (Å²) in [7, 11) is 0. The Kier molecular flexibility index (Phi) is 2.23. The fourth-order valence-electron chi connectivity index (χ4n) is 2.24. The first-order valence-electron chi connectivity index (χ1n) is 5.27. The number of carbonyl (C=O) groups excluding carboxylic acids is 1. The summed E-state index contributed by atoms with van der Waals surface area (Å²) >= 11 is 0. The summed E-state index contributed by atoms with van der Waals surface area (Å²) in [4.78, 5) is 11.5. The average Bonchev–Trinajstić information content (AvgIpc) is 2.26. The molecule has 2 aliphatic carbocycles. The molecule has 0 saturated carbocycles. The van der Waals surface area contributed by atoms with Gasteiger partial charge in [0.2, 0.25) is 0 Å². The minimum Gasteiger partial charge on any atom is -0.463 e. The largest absolute Gasteiger partial charge is 0.463 e. The molecule has 0 heterocycles. The normalized spacial score (nSPS) is 26.9. The van der Waals surface area contributed by atoms with Gasteiger partial charge in [-0.3, -0.25) is 0 Å². The quantitative estimate of drug-likeness (QED) is 0.701. The van der Waals surface area contributed by atoms with Crippen LogP contribution in [0.25, 0.3) is 0 Å². The van der Waals surface area contributed by atoms with E-state index in [1.54, 1.807) is 6.92 Å². The molecule has 0 spiro atoms. The van der Waals surface area contributed by atoms with Crippen molar-refractivity contribution in [2.75, 3.05) is 6.61 Å². The van der Waals surface area contributed by atoms with E-state index in [4.69, 9.17) is 4.74 Å². The lowest BCUT2D eigenvalue weighted by atomic mass is 9.81. The highest BCUT2D eigenvalue weighted by Crippen LogP contribution is 2.49. The van der Waals surface area contributed by atoms with Crippen LogP contribution in [0, 0.1) is 5.41 Å². The molecule has 0 aromatic rings. The zero-order valence-electron chi connectivity index (χ0n) is 9.33. The molecule has 0 aromatic carbocycles. The molecule has 0 amide bonds. The number of aliphatic hydroxyl groups is 1. The van der Waals surface area contributed by atoms with E-state index in [2.05, 4.69) is 6.08 Å². The Hall–Kier alpha value is -1.09. The van der Waals surface area contributed by atoms with Crippen molar-refractivity contribution in [3.63, 3.8) is 0 Å². The molecule has 2 rings (SSSR count). The van der Waals surface area contributed by atoms with Gasteiger partial charge in [0, 0.05) is 17.4 Å². The van der Waals surface area contributed by atoms with Gasteiger partial charge in [-0.05, 0) is 18.1 Å². The monoisotopic (exact) mass is 208 g/mol. The summed E-state index contributed by atoms with van der Waals surface area (Å²) in [5.41, 5.74) is 2.31. The van der Waals surface area contributed by atoms with Gasteiger partial charge in [-0.2, -0.15) is 0 Å². The molecule has 1 N–H and O–H groups in total. The van der Waals surface area contributed by atoms with Crippen LogP contribution in [0.5, 0.6) is 0 Å². The average molecular weight is 208 g/mol. The number of esters is 1. The standard InChI is InChI=1S/C12H16O3/c1-4-15-11(14)8-5-7-6-12(2,3)10(13)9(7)8/h6,10,13H,4-5H2,1-3H3. The van der Waals surface area contributed by atoms with Crippen molar-refractivity contribution >= 4 is 5.97 Å². The number of carbonyl (C=O) groups is 1. The molecule has 0 aromatic heterocycles. The van der Waals surface area contributed by atoms with Gasteiger partial charge >= 0.3 is 5.97 Å². The molecule has 1 atom stereocenters. The van der Waals surface area contributed by atoms with Gasteiger partial charge in [0.05, 0.1) is 12.7 Å². The topological polar surface area (TPSA) is 46.5 Å². The Labute approximate surface area is 89.4 Å². The third-order valence-corrected chi connectivity index (χ3v) is 3.08. The van der Waals surface area contributed by atoms with Crippen LogP contribution in [0.15, 0.2) is 22.8 Å². The van der Waals surface area contributed by atoms with Gasteiger partial charge in [-0.1, -0.05) is 19.9 Å². The van der Waals surface area contributed by atoms with Gasteiger partial charge < -0.3 is 9.84 Å². The third-order valence-electron chi connectivity index (χ3n) is 3.08. The SMILES string of the molecule is CCOC(=O)C1=C2C(=CC(C)(C)C2O)C1. The van der Waals surface area contributed by atoms with Crippen molar-refractivity contribution < 1.29 is 14.6 Å². The Morgan fingerprint density at radius 3 is 2.87 bits per heavy atom. The molecule has 2 aliphatic rings. The lowest BCUT2D eigenvalue weighted by molar-refractivity contribution is -0.139. The van der Waals surface area contributed by atoms with Gasteiger partial charge in [0.1, 0.15) is 0 Å². The minimum absolute atomic E-state index is 0.251. The summed E-state index contributed by atoms with van der Waals surface area (Å²) in [6.45, 7) is 6.11. The van der Waals surface area contributed by atoms with Crippen molar-refractivity contribution in [1.29, 1.82) is 0 Å². The van der Waals surface area contributed by atoms with E-state index in [1.807, 2.05) is 13.8 Å². The predicted octanol–water partition coefficient (Wildman–Crippen LogP) is 1.58. The molecule has 1 unspecified atom stereocenters. The number of aliphatic hydroxyl groups excluding tert-OH is 1. The first-order valence-corrected chi connectivity index (χ1v) is 5.27. The maximum absolute atomic E-state index is 11.5. The number of ether oxygens (including phenoxy) is 1. The second-order valence-electron chi connectivity index (χ2n) is 4.68. The predicted molar refractivity (Wildman–Crippen MR) is 56.1 cm³/mol. The Balaban J connectivity index is 2.27. The van der Waals surface area contributed by atoms with Crippen molar-refractivity contribution in [1.82, 2.24) is 0 Å². The molecule has 15 heavy (non-hydrogen) atoms. The van der Waals surface area contributed by atoms with E-state index in [9.17, 15) is 9.90 Å². The van der Waals surface area contributed by atoms with Crippen molar-refractivity contribution in [2.24, 2.45) is 5.41 Å². The summed E-state index contributed by atoms with van der Waals surface area (Å²) in [5.74, 6) is -0.276. The Morgan fingerprint density at radius 1 is 1.67 bits per heavy atom. The van der Waals surface area contributed by atoms with Crippen LogP contribution in [-0.4, -0.2) is 23.8 Å². The number of fused-ring (bicyclic) bond motifs is 1. The van der Waals surface area contributed by atoms with E-state index >= 15 is 0 Å². The minimum atomic E-state index is -0.555. The molecule has 0 bridgehead atoms. The van der Waals surface area contributed by atoms with Crippen LogP contribution >= 0.6 is 0 Å². The fraction of sp³-hybridized carbons (Fsp3) is 0.583. The summed E-state index contributed by atoms with van der Waals surface area (Å²) in [5, 5.41) is 10.0. The van der Waals surface area contributed by atoms with Crippen LogP contribution in [0.1, 0.15) is 27.2 Å². The maximum atomic E-state index is 11.5. The lowest BCUT2D eigenvalue weighted by Gasteiger charge is -2.27. The van der Waals surface area contributed by atoms with Gasteiger partial charge in [0.25, 0.3) is 0 Å². The van der Waals surface area contributed by atoms with Crippen molar-refractivity contribution in [3.05, 3.63) is 22.8 Å². The highest BCUT2D eigenvalue weighted by molar-refractivity contribution is 5.95. The van der Waals surface area contributed by atoms with E-state index in [0.29, 0.717) is 18.6 Å². The molecule has 3 nitrogen and oxygen atoms in total. The first-order chi connectivity index (χ1) is 6.97. The van der Waals surface area contributed by atoms with E-state index in [0.717, 1.165) is 11.1 Å². The van der Waals surface area contributed by atoms with Crippen LogP contribution in [-0.2, 0) is 9.53 Å². The first kappa shape index (κ1) is 10.4. The summed E-state index contributed by atoms with van der Waals surface area (Å²) in [6.07, 6.45) is 2.14. The van der Waals surface area contributed by atoms with Crippen LogP contribution in [0.3, 0.4) is 0 Å². The van der Waals surface area contributed by atoms with Crippen LogP contribution in [0.4, 0.5) is 0 Å². The smallest absolute Gasteiger partial charge is 0.334 e. The highest BCUT2D eigenvalue weighted by Gasteiger charge is 2.45. The molecule has 82 valence electrons. The van der Waals surface area contributed by atoms with Gasteiger partial charge in [-0.15, -0.1) is 0 Å². The molecular formula is C12H16O3. The third kappa shape index (κ3) is 1.42. The van der Waals surface area contributed by atoms with Gasteiger partial charge in [0.15, 0.2) is 0 Å². The van der Waals surface area contributed by atoms with Crippen LogP contribution in [0.2, 0.25) is 0 Å². The lowest BCUT2D eigenvalue weighted by Crippen LogP contribution is -2.29. The molecule has 3 heteroatoms. The summed E-state index contributed by atoms with van der Waals surface area (Å²) < 4.78 is 4.94. The molecular weight excluding hydrogens is 192 g/mol. The zero-order valence-corrected chi connectivity index (χ0v) is 9.33. The number of rotatable bonds is 2. The maximum Gasteiger partial charge on any atom is 0.334 e. The van der Waals surface area contributed by atoms with E-state index in [1.165, 1.54) is 0 Å². The van der Waals surface area contributed by atoms with Crippen molar-refractivity contribution in [2.45, 2.75) is 33.3 Å². The second kappa shape index (κ2) is 3.20. The number of hydrogen-bond acceptors (Lipinski definition) is 3. The second-order valence-corrected chi connectivity index (χ2v) is 4.68. The van der Waals surface area contributed by atoms with Gasteiger partial charge in [-0.25, -0.2) is 4.79 Å².